The fourth-order valence-corrected chi connectivity index (χ4v) is 0.470. The van der Waals surface area contributed by atoms with Crippen LogP contribution in [0.15, 0.2) is 23.6 Å². The van der Waals surface area contributed by atoms with Gasteiger partial charge < -0.3 is 1.43 Å². The maximum absolute atomic E-state index is 2.08. The van der Waals surface area contributed by atoms with Crippen molar-refractivity contribution in [3.63, 3.8) is 0 Å². The van der Waals surface area contributed by atoms with Gasteiger partial charge in [0.1, 0.15) is 0 Å². The molecule has 0 aliphatic carbocycles. The normalized spacial score (nSPS) is 14.7. The molecule has 1 aliphatic heterocycles. The third kappa shape index (κ3) is 2.07. The van der Waals surface area contributed by atoms with Crippen LogP contribution in [-0.4, -0.2) is 7.28 Å². The summed E-state index contributed by atoms with van der Waals surface area (Å²) in [5.41, 5.74) is 1.34. The van der Waals surface area contributed by atoms with Crippen molar-refractivity contribution in [1.82, 2.24) is 0 Å². The van der Waals surface area contributed by atoms with Crippen LogP contribution in [0.5, 0.6) is 0 Å². The van der Waals surface area contributed by atoms with Crippen molar-refractivity contribution in [3.8, 4) is 0 Å². The predicted molar refractivity (Wildman–Crippen MR) is 29.8 cm³/mol. The summed E-state index contributed by atoms with van der Waals surface area (Å²) >= 11 is 0. The Morgan fingerprint density at radius 1 is 1.71 bits per heavy atom. The van der Waals surface area contributed by atoms with Gasteiger partial charge in [0.15, 0.2) is 7.28 Å². The minimum Gasteiger partial charge on any atom is -1.00 e. The van der Waals surface area contributed by atoms with E-state index in [0.717, 1.165) is 0 Å². The van der Waals surface area contributed by atoms with E-state index in [-0.39, 0.29) is 20.3 Å². The molecule has 1 rings (SSSR count). The van der Waals surface area contributed by atoms with E-state index in [1.54, 1.807) is 0 Å². The van der Waals surface area contributed by atoms with Crippen LogP contribution in [0.4, 0.5) is 0 Å². The Kier molecular flexibility index (Phi) is 3.25. The Balaban J connectivity index is 0. The molecule has 0 amide bonds. The van der Waals surface area contributed by atoms with Gasteiger partial charge in [-0.1, -0.05) is 19.1 Å². The molecule has 1 aliphatic rings. The van der Waals surface area contributed by atoms with Crippen molar-refractivity contribution in [2.75, 3.05) is 0 Å². The third-order valence-electron chi connectivity index (χ3n) is 0.829. The quantitative estimate of drug-likeness (QED) is 0.305. The van der Waals surface area contributed by atoms with Crippen molar-refractivity contribution in [2.24, 2.45) is 0 Å². The van der Waals surface area contributed by atoms with Gasteiger partial charge in [-0.2, -0.15) is 0 Å². The van der Waals surface area contributed by atoms with Crippen LogP contribution in [0.25, 0.3) is 0 Å². The Hall–Kier alpha value is 0.142. The number of hydrogen-bond donors (Lipinski definition) is 0. The van der Waals surface area contributed by atoms with E-state index in [1.807, 2.05) is 12.1 Å². The topological polar surface area (TPSA) is 0 Å². The summed E-state index contributed by atoms with van der Waals surface area (Å²) < 4.78 is 0. The molecule has 1 heterocycles. The smallest absolute Gasteiger partial charge is 1.00 e. The zero-order chi connectivity index (χ0) is 4.41. The summed E-state index contributed by atoms with van der Waals surface area (Å²) in [6.45, 7) is 2.08. The predicted octanol–water partition coefficient (Wildman–Crippen LogP) is -1.76. The second kappa shape index (κ2) is 3.18. The number of hydrogen-bond acceptors (Lipinski definition) is 0. The van der Waals surface area contributed by atoms with E-state index in [4.69, 9.17) is 0 Å². The first-order chi connectivity index (χ1) is 2.89. The van der Waals surface area contributed by atoms with Gasteiger partial charge in [0.2, 0.25) is 0 Å². The van der Waals surface area contributed by atoms with E-state index >= 15 is 0 Å². The first kappa shape index (κ1) is 7.14. The van der Waals surface area contributed by atoms with Crippen LogP contribution in [0.1, 0.15) is 8.35 Å². The van der Waals surface area contributed by atoms with Gasteiger partial charge in [-0.05, 0) is 0 Å². The van der Waals surface area contributed by atoms with Crippen LogP contribution in [-0.2, 0) is 0 Å². The molecule has 0 aromatic rings. The summed E-state index contributed by atoms with van der Waals surface area (Å²) in [6, 6.07) is 0. The summed E-state index contributed by atoms with van der Waals surface area (Å²) in [7, 11) is 2.08. The average molecular weight is 84.9 g/mol. The van der Waals surface area contributed by atoms with Crippen LogP contribution < -0.4 is 18.9 Å². The standard InChI is InChI=1S/C5H6B.Li.H/c1-5-3-2-4-6-5;;/h2-4H,1H3;;/q;+1;-1. The maximum atomic E-state index is 2.08. The Labute approximate surface area is 58.6 Å². The number of allylic oxidation sites excluding steroid dienone is 3. The summed E-state index contributed by atoms with van der Waals surface area (Å²) in [4.78, 5) is 0. The van der Waals surface area contributed by atoms with Crippen LogP contribution in [0.3, 0.4) is 0 Å². The Morgan fingerprint density at radius 3 is 2.57 bits per heavy atom. The molecule has 0 spiro atoms. The molecule has 0 aromatic carbocycles. The molecule has 0 fully saturated rings. The van der Waals surface area contributed by atoms with Crippen molar-refractivity contribution in [2.45, 2.75) is 6.92 Å². The monoisotopic (exact) mass is 85.1 g/mol. The van der Waals surface area contributed by atoms with Crippen LogP contribution >= 0.6 is 0 Å². The molecule has 0 N–H and O–H groups in total. The minimum atomic E-state index is 0. The molecule has 31 valence electrons. The van der Waals surface area contributed by atoms with E-state index < -0.39 is 0 Å². The van der Waals surface area contributed by atoms with Gasteiger partial charge in [-0.3, -0.25) is 0 Å². The van der Waals surface area contributed by atoms with Gasteiger partial charge in [0.25, 0.3) is 0 Å². The van der Waals surface area contributed by atoms with Crippen LogP contribution in [0.2, 0.25) is 0 Å². The molecular weight excluding hydrogens is 77.8 g/mol. The minimum absolute atomic E-state index is 0. The molecule has 0 saturated carbocycles. The van der Waals surface area contributed by atoms with Gasteiger partial charge in [-0.25, -0.2) is 0 Å². The van der Waals surface area contributed by atoms with Gasteiger partial charge >= 0.3 is 18.9 Å². The van der Waals surface area contributed by atoms with E-state index in [1.165, 1.54) is 5.47 Å². The molecule has 2 heteroatoms. The third-order valence-corrected chi connectivity index (χ3v) is 0.829. The largest absolute Gasteiger partial charge is 1.00 e. The Morgan fingerprint density at radius 2 is 2.43 bits per heavy atom. The first-order valence-corrected chi connectivity index (χ1v) is 2.08. The van der Waals surface area contributed by atoms with Crippen molar-refractivity contribution >= 4 is 7.28 Å². The number of rotatable bonds is 0. The van der Waals surface area contributed by atoms with Crippen molar-refractivity contribution in [3.05, 3.63) is 23.6 Å². The van der Waals surface area contributed by atoms with E-state index in [2.05, 4.69) is 20.3 Å². The SMILES string of the molecule is CC1=CC=C[B]1.[H-].[Li+]. The first-order valence-electron chi connectivity index (χ1n) is 2.08. The molecule has 0 atom stereocenters. The van der Waals surface area contributed by atoms with E-state index in [0.29, 0.717) is 0 Å². The molecule has 1 radical (unpaired) electrons. The molecule has 7 heavy (non-hydrogen) atoms. The summed E-state index contributed by atoms with van der Waals surface area (Å²) in [5.74, 6) is 2.04. The summed E-state index contributed by atoms with van der Waals surface area (Å²) in [6.07, 6.45) is 4.12. The average Bonchev–Trinajstić information content (AvgIpc) is 1.86. The molecule has 0 unspecified atom stereocenters. The zero-order valence-corrected chi connectivity index (χ0v) is 4.81. The fourth-order valence-electron chi connectivity index (χ4n) is 0.470. The second-order valence-corrected chi connectivity index (χ2v) is 1.46. The second-order valence-electron chi connectivity index (χ2n) is 1.46. The van der Waals surface area contributed by atoms with E-state index in [9.17, 15) is 0 Å². The molecule has 0 aromatic heterocycles. The fraction of sp³-hybridized carbons (Fsp3) is 0.200. The molecule has 0 bridgehead atoms. The van der Waals surface area contributed by atoms with Gasteiger partial charge in [0, 0.05) is 0 Å². The maximum Gasteiger partial charge on any atom is 1.00 e. The van der Waals surface area contributed by atoms with Crippen LogP contribution in [0, 0.1) is 0 Å². The zero-order valence-electron chi connectivity index (χ0n) is 5.81. The molecule has 0 saturated heterocycles. The van der Waals surface area contributed by atoms with Gasteiger partial charge in [0.05, 0.1) is 0 Å². The van der Waals surface area contributed by atoms with Crippen molar-refractivity contribution in [1.29, 1.82) is 0 Å². The Bertz CT molecular complexity index is 109. The molecule has 0 nitrogen and oxygen atoms in total. The summed E-state index contributed by atoms with van der Waals surface area (Å²) in [5, 5.41) is 0. The molecular formula is C5H7BLi. The van der Waals surface area contributed by atoms with Crippen molar-refractivity contribution < 1.29 is 20.3 Å². The van der Waals surface area contributed by atoms with Gasteiger partial charge in [-0.15, -0.1) is 11.4 Å².